The van der Waals surface area contributed by atoms with Crippen molar-refractivity contribution in [3.8, 4) is 11.6 Å². The molecule has 8 heteroatoms. The Morgan fingerprint density at radius 1 is 1.23 bits per heavy atom. The Hall–Kier alpha value is -2.35. The van der Waals surface area contributed by atoms with Gasteiger partial charge in [0.1, 0.15) is 5.69 Å². The van der Waals surface area contributed by atoms with E-state index in [-0.39, 0.29) is 17.9 Å². The molecule has 2 aromatic rings. The summed E-state index contributed by atoms with van der Waals surface area (Å²) in [7, 11) is 0. The molecular weight excluding hydrogens is 334 g/mol. The molecule has 2 aliphatic rings. The molecule has 1 amide bonds. The quantitative estimate of drug-likeness (QED) is 0.827. The SMILES string of the molecule is Cc1cnc(-c2nnc([C@H]3CCN(C(=O)C[C@@H]4CCCCO4)C3)o2)cn1. The number of hydrogen-bond acceptors (Lipinski definition) is 7. The molecule has 0 bridgehead atoms. The lowest BCUT2D eigenvalue weighted by atomic mass is 10.1. The lowest BCUT2D eigenvalue weighted by molar-refractivity contribution is -0.134. The lowest BCUT2D eigenvalue weighted by Crippen LogP contribution is -2.33. The number of hydrogen-bond donors (Lipinski definition) is 0. The third-order valence-corrected chi connectivity index (χ3v) is 5.01. The van der Waals surface area contributed by atoms with Gasteiger partial charge in [-0.25, -0.2) is 4.98 Å². The molecule has 4 heterocycles. The highest BCUT2D eigenvalue weighted by molar-refractivity contribution is 5.77. The molecule has 2 saturated heterocycles. The first kappa shape index (κ1) is 17.1. The van der Waals surface area contributed by atoms with Gasteiger partial charge in [-0.05, 0) is 32.6 Å². The average molecular weight is 357 g/mol. The summed E-state index contributed by atoms with van der Waals surface area (Å²) in [5.74, 6) is 1.16. The molecule has 0 aromatic carbocycles. The Morgan fingerprint density at radius 2 is 2.15 bits per heavy atom. The van der Waals surface area contributed by atoms with Crippen LogP contribution < -0.4 is 0 Å². The highest BCUT2D eigenvalue weighted by Crippen LogP contribution is 2.29. The normalized spacial score (nSPS) is 23.3. The summed E-state index contributed by atoms with van der Waals surface area (Å²) in [5.41, 5.74) is 1.40. The molecule has 2 atom stereocenters. The van der Waals surface area contributed by atoms with Gasteiger partial charge in [-0.2, -0.15) is 0 Å². The van der Waals surface area contributed by atoms with E-state index in [0.29, 0.717) is 30.4 Å². The van der Waals surface area contributed by atoms with Crippen LogP contribution in [0.2, 0.25) is 0 Å². The van der Waals surface area contributed by atoms with E-state index in [4.69, 9.17) is 9.15 Å². The van der Waals surface area contributed by atoms with Crippen molar-refractivity contribution in [3.63, 3.8) is 0 Å². The van der Waals surface area contributed by atoms with E-state index >= 15 is 0 Å². The Kier molecular flexibility index (Phi) is 4.92. The van der Waals surface area contributed by atoms with Crippen molar-refractivity contribution < 1.29 is 13.9 Å². The number of likely N-dealkylation sites (tertiary alicyclic amines) is 1. The third kappa shape index (κ3) is 3.75. The van der Waals surface area contributed by atoms with Gasteiger partial charge in [0.25, 0.3) is 5.89 Å². The number of aromatic nitrogens is 4. The fourth-order valence-corrected chi connectivity index (χ4v) is 3.49. The topological polar surface area (TPSA) is 94.2 Å². The molecule has 0 aliphatic carbocycles. The molecule has 0 unspecified atom stereocenters. The predicted molar refractivity (Wildman–Crippen MR) is 92.2 cm³/mol. The molecule has 138 valence electrons. The monoisotopic (exact) mass is 357 g/mol. The first-order valence-electron chi connectivity index (χ1n) is 9.21. The molecule has 4 rings (SSSR count). The molecule has 2 fully saturated rings. The van der Waals surface area contributed by atoms with E-state index in [2.05, 4.69) is 20.2 Å². The summed E-state index contributed by atoms with van der Waals surface area (Å²) in [6, 6.07) is 0. The first-order valence-corrected chi connectivity index (χ1v) is 9.21. The van der Waals surface area contributed by atoms with E-state index < -0.39 is 0 Å². The van der Waals surface area contributed by atoms with Gasteiger partial charge in [0.15, 0.2) is 0 Å². The van der Waals surface area contributed by atoms with E-state index in [0.717, 1.165) is 44.5 Å². The van der Waals surface area contributed by atoms with Crippen LogP contribution in [-0.4, -0.2) is 56.8 Å². The summed E-state index contributed by atoms with van der Waals surface area (Å²) in [4.78, 5) is 22.9. The highest BCUT2D eigenvalue weighted by atomic mass is 16.5. The second kappa shape index (κ2) is 7.49. The summed E-state index contributed by atoms with van der Waals surface area (Å²) in [6.45, 7) is 3.98. The number of ether oxygens (including phenoxy) is 1. The maximum absolute atomic E-state index is 12.5. The lowest BCUT2D eigenvalue weighted by Gasteiger charge is -2.24. The maximum atomic E-state index is 12.5. The Morgan fingerprint density at radius 3 is 2.92 bits per heavy atom. The van der Waals surface area contributed by atoms with Crippen LogP contribution in [0.15, 0.2) is 16.8 Å². The minimum absolute atomic E-state index is 0.0745. The van der Waals surface area contributed by atoms with Gasteiger partial charge in [0, 0.05) is 25.9 Å². The molecule has 8 nitrogen and oxygen atoms in total. The van der Waals surface area contributed by atoms with Gasteiger partial charge < -0.3 is 14.1 Å². The smallest absolute Gasteiger partial charge is 0.267 e. The van der Waals surface area contributed by atoms with Gasteiger partial charge >= 0.3 is 0 Å². The number of rotatable bonds is 4. The number of aryl methyl sites for hydroxylation is 1. The second-order valence-corrected chi connectivity index (χ2v) is 7.01. The molecule has 0 spiro atoms. The van der Waals surface area contributed by atoms with Gasteiger partial charge in [0.05, 0.1) is 30.3 Å². The van der Waals surface area contributed by atoms with Crippen LogP contribution in [0.4, 0.5) is 0 Å². The van der Waals surface area contributed by atoms with Crippen LogP contribution in [0.25, 0.3) is 11.6 Å². The van der Waals surface area contributed by atoms with Crippen molar-refractivity contribution >= 4 is 5.91 Å². The molecular formula is C18H23N5O3. The summed E-state index contributed by atoms with van der Waals surface area (Å²) in [5, 5.41) is 8.24. The number of carbonyl (C=O) groups is 1. The van der Waals surface area contributed by atoms with E-state index in [9.17, 15) is 4.79 Å². The van der Waals surface area contributed by atoms with Crippen molar-refractivity contribution in [2.24, 2.45) is 0 Å². The largest absolute Gasteiger partial charge is 0.419 e. The molecule has 0 radical (unpaired) electrons. The van der Waals surface area contributed by atoms with Gasteiger partial charge in [-0.15, -0.1) is 10.2 Å². The van der Waals surface area contributed by atoms with Crippen molar-refractivity contribution in [1.82, 2.24) is 25.1 Å². The molecule has 0 saturated carbocycles. The van der Waals surface area contributed by atoms with Crippen LogP contribution in [0.1, 0.15) is 49.6 Å². The zero-order valence-corrected chi connectivity index (χ0v) is 14.9. The van der Waals surface area contributed by atoms with Crippen molar-refractivity contribution in [2.75, 3.05) is 19.7 Å². The van der Waals surface area contributed by atoms with Crippen LogP contribution in [0, 0.1) is 6.92 Å². The maximum Gasteiger partial charge on any atom is 0.267 e. The van der Waals surface area contributed by atoms with Gasteiger partial charge in [0.2, 0.25) is 11.8 Å². The van der Waals surface area contributed by atoms with Crippen LogP contribution in [0.3, 0.4) is 0 Å². The Labute approximate surface area is 152 Å². The average Bonchev–Trinajstić information content (AvgIpc) is 3.33. The van der Waals surface area contributed by atoms with Gasteiger partial charge in [-0.1, -0.05) is 0 Å². The number of nitrogens with zero attached hydrogens (tertiary/aromatic N) is 5. The number of carbonyl (C=O) groups excluding carboxylic acids is 1. The summed E-state index contributed by atoms with van der Waals surface area (Å²) in [6.07, 6.45) is 7.90. The molecule has 0 N–H and O–H groups in total. The van der Waals surface area contributed by atoms with Crippen molar-refractivity contribution in [3.05, 3.63) is 24.0 Å². The summed E-state index contributed by atoms with van der Waals surface area (Å²) < 4.78 is 11.5. The molecule has 26 heavy (non-hydrogen) atoms. The zero-order chi connectivity index (χ0) is 17.9. The standard InChI is InChI=1S/C18H23N5O3/c1-12-9-20-15(10-19-12)18-22-21-17(26-18)13-5-6-23(11-13)16(24)8-14-4-2-3-7-25-14/h9-10,13-14H,2-8,11H2,1H3/t13-,14-/m0/s1. The minimum atomic E-state index is 0.0745. The number of amides is 1. The van der Waals surface area contributed by atoms with Crippen molar-refractivity contribution in [2.45, 2.75) is 51.0 Å². The first-order chi connectivity index (χ1) is 12.7. The predicted octanol–water partition coefficient (Wildman–Crippen LogP) is 2.11. The highest BCUT2D eigenvalue weighted by Gasteiger charge is 2.32. The molecule has 2 aliphatic heterocycles. The summed E-state index contributed by atoms with van der Waals surface area (Å²) >= 11 is 0. The zero-order valence-electron chi connectivity index (χ0n) is 14.9. The fourth-order valence-electron chi connectivity index (χ4n) is 3.49. The van der Waals surface area contributed by atoms with E-state index in [1.165, 1.54) is 0 Å². The van der Waals surface area contributed by atoms with Crippen molar-refractivity contribution in [1.29, 1.82) is 0 Å². The second-order valence-electron chi connectivity index (χ2n) is 7.01. The third-order valence-electron chi connectivity index (χ3n) is 5.01. The minimum Gasteiger partial charge on any atom is -0.419 e. The van der Waals surface area contributed by atoms with Gasteiger partial charge in [-0.3, -0.25) is 9.78 Å². The van der Waals surface area contributed by atoms with E-state index in [1.54, 1.807) is 12.4 Å². The Balaban J connectivity index is 1.36. The van der Waals surface area contributed by atoms with E-state index in [1.807, 2.05) is 11.8 Å². The Bertz CT molecular complexity index is 754. The fraction of sp³-hybridized carbons (Fsp3) is 0.611. The van der Waals surface area contributed by atoms with Crippen LogP contribution in [-0.2, 0) is 9.53 Å². The molecule has 2 aromatic heterocycles. The van der Waals surface area contributed by atoms with Crippen LogP contribution in [0.5, 0.6) is 0 Å². The van der Waals surface area contributed by atoms with Crippen LogP contribution >= 0.6 is 0 Å².